The van der Waals surface area contributed by atoms with Crippen molar-refractivity contribution in [1.29, 1.82) is 0 Å². The number of benzene rings is 2. The molecule has 0 atom stereocenters. The maximum absolute atomic E-state index is 14.0. The van der Waals surface area contributed by atoms with Crippen LogP contribution in [-0.2, 0) is 0 Å². The summed E-state index contributed by atoms with van der Waals surface area (Å²) >= 11 is 3.43. The number of rotatable bonds is 3. The third-order valence-corrected chi connectivity index (χ3v) is 4.86. The summed E-state index contributed by atoms with van der Waals surface area (Å²) in [4.78, 5) is 16.8. The first-order valence-electron chi connectivity index (χ1n) is 8.61. The second kappa shape index (κ2) is 7.56. The number of aromatic nitrogens is 3. The molecule has 2 aromatic heterocycles. The van der Waals surface area contributed by atoms with Crippen molar-refractivity contribution in [3.63, 3.8) is 0 Å². The van der Waals surface area contributed by atoms with Gasteiger partial charge in [0.2, 0.25) is 11.8 Å². The number of hydrogen-bond acceptors (Lipinski definition) is 5. The molecular weight excluding hydrogens is 439 g/mol. The molecule has 0 amide bonds. The monoisotopic (exact) mass is 452 g/mol. The van der Waals surface area contributed by atoms with Crippen LogP contribution in [0.2, 0.25) is 0 Å². The normalized spacial score (nSPS) is 11.8. The maximum Gasteiger partial charge on any atom is 0.230 e. The number of aromatic hydroxyl groups is 1. The average molecular weight is 453 g/mol. The number of carbonyl (C=O) groups excluding carboxylic acids is 1. The Morgan fingerprint density at radius 3 is 2.69 bits per heavy atom. The van der Waals surface area contributed by atoms with Crippen LogP contribution in [0.1, 0.15) is 22.8 Å². The molecule has 0 saturated heterocycles. The summed E-state index contributed by atoms with van der Waals surface area (Å²) in [5.74, 6) is -1.07. The van der Waals surface area contributed by atoms with E-state index in [1.165, 1.54) is 36.0 Å². The summed E-state index contributed by atoms with van der Waals surface area (Å²) in [6.07, 6.45) is 2.94. The van der Waals surface area contributed by atoms with E-state index < -0.39 is 5.82 Å². The van der Waals surface area contributed by atoms with Gasteiger partial charge in [-0.25, -0.2) is 9.38 Å². The fourth-order valence-electron chi connectivity index (χ4n) is 3.18. The molecule has 4 aromatic rings. The summed E-state index contributed by atoms with van der Waals surface area (Å²) in [5.41, 5.74) is 2.05. The van der Waals surface area contributed by atoms with Crippen LogP contribution < -0.4 is 0 Å². The van der Waals surface area contributed by atoms with Gasteiger partial charge in [0.1, 0.15) is 5.82 Å². The summed E-state index contributed by atoms with van der Waals surface area (Å²) in [5, 5.41) is 19.1. The molecule has 0 bridgehead atoms. The van der Waals surface area contributed by atoms with E-state index in [4.69, 9.17) is 0 Å². The van der Waals surface area contributed by atoms with Crippen molar-refractivity contribution in [3.05, 3.63) is 82.3 Å². The van der Waals surface area contributed by atoms with Crippen LogP contribution >= 0.6 is 15.9 Å². The number of fused-ring (bicyclic) bond motifs is 1. The fraction of sp³-hybridized carbons (Fsp3) is 0.0476. The molecule has 0 saturated carbocycles. The van der Waals surface area contributed by atoms with Gasteiger partial charge in [-0.15, -0.1) is 0 Å². The fourth-order valence-corrected chi connectivity index (χ4v) is 3.54. The smallest absolute Gasteiger partial charge is 0.230 e. The molecule has 8 heteroatoms. The zero-order chi connectivity index (χ0) is 20.5. The molecule has 0 radical (unpaired) electrons. The Bertz CT molecular complexity index is 1270. The molecule has 2 aromatic carbocycles. The lowest BCUT2D eigenvalue weighted by atomic mass is 10.0. The second-order valence-corrected chi connectivity index (χ2v) is 7.20. The quantitative estimate of drug-likeness (QED) is 0.449. The number of nitrogens with zero attached hydrogens (tertiary/aromatic N) is 4. The van der Waals surface area contributed by atoms with Crippen LogP contribution in [0.5, 0.6) is 5.88 Å². The number of aliphatic imine (C=N–C) groups is 1. The molecule has 1 N–H and O–H groups in total. The van der Waals surface area contributed by atoms with Gasteiger partial charge in [-0.2, -0.15) is 10.2 Å². The lowest BCUT2D eigenvalue weighted by Gasteiger charge is -2.08. The predicted octanol–water partition coefficient (Wildman–Crippen LogP) is 4.87. The van der Waals surface area contributed by atoms with Gasteiger partial charge in [0.15, 0.2) is 0 Å². The van der Waals surface area contributed by atoms with Gasteiger partial charge in [-0.1, -0.05) is 28.1 Å². The number of carbonyl (C=O) groups is 1. The Hall–Kier alpha value is -3.39. The van der Waals surface area contributed by atoms with E-state index in [0.29, 0.717) is 33.4 Å². The summed E-state index contributed by atoms with van der Waals surface area (Å²) < 4.78 is 16.0. The minimum Gasteiger partial charge on any atom is -0.494 e. The predicted molar refractivity (Wildman–Crippen MR) is 111 cm³/mol. The molecule has 2 heterocycles. The Labute approximate surface area is 173 Å². The van der Waals surface area contributed by atoms with E-state index in [0.717, 1.165) is 4.47 Å². The Balaban J connectivity index is 2.10. The van der Waals surface area contributed by atoms with Crippen LogP contribution in [0.3, 0.4) is 0 Å². The lowest BCUT2D eigenvalue weighted by Crippen LogP contribution is -2.07. The van der Waals surface area contributed by atoms with E-state index >= 15 is 0 Å². The first-order chi connectivity index (χ1) is 14.0. The van der Waals surface area contributed by atoms with Crippen molar-refractivity contribution >= 4 is 44.1 Å². The molecule has 144 valence electrons. The molecule has 29 heavy (non-hydrogen) atoms. The highest BCUT2D eigenvalue weighted by atomic mass is 79.9. The first-order valence-corrected chi connectivity index (χ1v) is 9.40. The average Bonchev–Trinajstić information content (AvgIpc) is 2.98. The van der Waals surface area contributed by atoms with E-state index in [-0.39, 0.29) is 11.8 Å². The van der Waals surface area contributed by atoms with Gasteiger partial charge >= 0.3 is 0 Å². The van der Waals surface area contributed by atoms with Crippen molar-refractivity contribution in [1.82, 2.24) is 14.8 Å². The van der Waals surface area contributed by atoms with Gasteiger partial charge in [-0.05, 0) is 36.4 Å². The third-order valence-electron chi connectivity index (χ3n) is 4.36. The molecule has 0 aliphatic heterocycles. The van der Waals surface area contributed by atoms with Gasteiger partial charge in [0, 0.05) is 22.3 Å². The maximum atomic E-state index is 14.0. The summed E-state index contributed by atoms with van der Waals surface area (Å²) in [7, 11) is 0. The van der Waals surface area contributed by atoms with Crippen molar-refractivity contribution in [2.75, 3.05) is 0 Å². The highest BCUT2D eigenvalue weighted by molar-refractivity contribution is 9.10. The Morgan fingerprint density at radius 1 is 1.17 bits per heavy atom. The van der Waals surface area contributed by atoms with E-state index in [2.05, 4.69) is 31.1 Å². The van der Waals surface area contributed by atoms with Gasteiger partial charge in [0.25, 0.3) is 0 Å². The summed E-state index contributed by atoms with van der Waals surface area (Å²) in [6.45, 7) is 1.36. The molecule has 0 aliphatic rings. The molecule has 0 fully saturated rings. The van der Waals surface area contributed by atoms with Crippen LogP contribution in [0, 0.1) is 5.82 Å². The SMILES string of the molecule is CC(=O)n1c(O)c(C(=Nc2ccnnc2)c2cccc(F)c2)c2cc(Br)ccc21. The number of hydrogen-bond donors (Lipinski definition) is 1. The van der Waals surface area contributed by atoms with E-state index in [1.807, 2.05) is 0 Å². The Kier molecular flexibility index (Phi) is 4.94. The van der Waals surface area contributed by atoms with Crippen LogP contribution in [0.25, 0.3) is 10.9 Å². The minimum atomic E-state index is -0.445. The van der Waals surface area contributed by atoms with Gasteiger partial charge in [0.05, 0.1) is 34.9 Å². The van der Waals surface area contributed by atoms with Crippen molar-refractivity contribution in [2.45, 2.75) is 6.92 Å². The van der Waals surface area contributed by atoms with Crippen molar-refractivity contribution in [3.8, 4) is 5.88 Å². The summed E-state index contributed by atoms with van der Waals surface area (Å²) in [6, 6.07) is 12.8. The van der Waals surface area contributed by atoms with Gasteiger partial charge < -0.3 is 5.11 Å². The first kappa shape index (κ1) is 18.9. The topological polar surface area (TPSA) is 80.4 Å². The molecule has 0 unspecified atom stereocenters. The molecule has 4 rings (SSSR count). The second-order valence-electron chi connectivity index (χ2n) is 6.29. The molecule has 6 nitrogen and oxygen atoms in total. The van der Waals surface area contributed by atoms with Gasteiger partial charge in [-0.3, -0.25) is 9.36 Å². The van der Waals surface area contributed by atoms with E-state index in [1.54, 1.807) is 36.4 Å². The van der Waals surface area contributed by atoms with Crippen LogP contribution in [0.4, 0.5) is 10.1 Å². The highest BCUT2D eigenvalue weighted by Crippen LogP contribution is 2.36. The third kappa shape index (κ3) is 3.54. The van der Waals surface area contributed by atoms with Crippen molar-refractivity contribution in [2.24, 2.45) is 4.99 Å². The molecule has 0 aliphatic carbocycles. The van der Waals surface area contributed by atoms with Crippen LogP contribution in [0.15, 0.2) is 70.4 Å². The minimum absolute atomic E-state index is 0.268. The molecular formula is C21H14BrFN4O2. The zero-order valence-corrected chi connectivity index (χ0v) is 16.8. The largest absolute Gasteiger partial charge is 0.494 e. The van der Waals surface area contributed by atoms with Crippen LogP contribution in [-0.4, -0.2) is 31.5 Å². The standard InChI is InChI=1S/C21H14BrFN4O2/c1-12(28)27-18-6-5-14(22)10-17(18)19(21(27)29)20(13-3-2-4-15(23)9-13)26-16-7-8-24-25-11-16/h2-11,29H,1H3. The highest BCUT2D eigenvalue weighted by Gasteiger charge is 2.24. The zero-order valence-electron chi connectivity index (χ0n) is 15.2. The van der Waals surface area contributed by atoms with Crippen molar-refractivity contribution < 1.29 is 14.3 Å². The lowest BCUT2D eigenvalue weighted by molar-refractivity contribution is 0.0933. The van der Waals surface area contributed by atoms with E-state index in [9.17, 15) is 14.3 Å². The number of halogens is 2. The Morgan fingerprint density at radius 2 is 2.00 bits per heavy atom. The molecule has 0 spiro atoms.